The molecule has 4 heteroatoms. The molecule has 5 rings (SSSR count). The first-order chi connectivity index (χ1) is 11.1. The van der Waals surface area contributed by atoms with Gasteiger partial charge in [0.1, 0.15) is 0 Å². The Balaban J connectivity index is 1.44. The van der Waals surface area contributed by atoms with E-state index in [1.54, 1.807) is 24.3 Å². The molecular weight excluding hydrogens is 290 g/mol. The van der Waals surface area contributed by atoms with Crippen LogP contribution >= 0.6 is 0 Å². The van der Waals surface area contributed by atoms with Crippen LogP contribution in [0.3, 0.4) is 0 Å². The molecule has 0 saturated heterocycles. The zero-order valence-corrected chi connectivity index (χ0v) is 13.2. The molecule has 4 aliphatic rings. The van der Waals surface area contributed by atoms with Gasteiger partial charge < -0.3 is 10.4 Å². The van der Waals surface area contributed by atoms with Crippen LogP contribution in [0.15, 0.2) is 24.3 Å². The highest BCUT2D eigenvalue weighted by molar-refractivity contribution is 5.91. The van der Waals surface area contributed by atoms with E-state index in [1.807, 2.05) is 0 Å². The largest absolute Gasteiger partial charge is 0.478 e. The lowest BCUT2D eigenvalue weighted by molar-refractivity contribution is -0.124. The minimum Gasteiger partial charge on any atom is -0.478 e. The number of carbonyl (C=O) groups excluding carboxylic acids is 1. The van der Waals surface area contributed by atoms with Gasteiger partial charge in [0.05, 0.1) is 12.0 Å². The van der Waals surface area contributed by atoms with Gasteiger partial charge in [-0.1, -0.05) is 18.2 Å². The number of benzene rings is 1. The number of carbonyl (C=O) groups is 2. The summed E-state index contributed by atoms with van der Waals surface area (Å²) in [6.45, 7) is 0. The normalized spacial score (nSPS) is 34.3. The van der Waals surface area contributed by atoms with E-state index in [1.165, 1.54) is 32.1 Å². The Morgan fingerprint density at radius 1 is 1.00 bits per heavy atom. The smallest absolute Gasteiger partial charge is 0.335 e. The minimum absolute atomic E-state index is 0.0313. The molecule has 1 aromatic rings. The average Bonchev–Trinajstić information content (AvgIpc) is 2.50. The Hall–Kier alpha value is -1.84. The maximum atomic E-state index is 12.5. The number of hydrogen-bond donors (Lipinski definition) is 2. The molecule has 4 nitrogen and oxygen atoms in total. The van der Waals surface area contributed by atoms with Crippen molar-refractivity contribution in [3.63, 3.8) is 0 Å². The van der Waals surface area contributed by atoms with E-state index in [0.29, 0.717) is 23.4 Å². The summed E-state index contributed by atoms with van der Waals surface area (Å²) in [5, 5.41) is 12.5. The summed E-state index contributed by atoms with van der Waals surface area (Å²) >= 11 is 0. The molecule has 0 spiro atoms. The van der Waals surface area contributed by atoms with Crippen LogP contribution < -0.4 is 5.32 Å². The van der Waals surface area contributed by atoms with Crippen molar-refractivity contribution in [1.29, 1.82) is 0 Å². The Morgan fingerprint density at radius 2 is 1.61 bits per heavy atom. The third-order valence-corrected chi connectivity index (χ3v) is 6.15. The van der Waals surface area contributed by atoms with E-state index < -0.39 is 5.97 Å². The predicted molar refractivity (Wildman–Crippen MR) is 86.1 cm³/mol. The van der Waals surface area contributed by atoms with Crippen molar-refractivity contribution in [3.05, 3.63) is 35.4 Å². The third kappa shape index (κ3) is 2.75. The fraction of sp³-hybridized carbons (Fsp3) is 0.579. The zero-order valence-electron chi connectivity index (χ0n) is 13.2. The molecule has 122 valence electrons. The molecule has 4 fully saturated rings. The van der Waals surface area contributed by atoms with Gasteiger partial charge in [-0.25, -0.2) is 4.79 Å². The quantitative estimate of drug-likeness (QED) is 0.898. The first kappa shape index (κ1) is 14.7. The molecule has 0 unspecified atom stereocenters. The first-order valence-corrected chi connectivity index (χ1v) is 8.70. The van der Waals surface area contributed by atoms with Gasteiger partial charge in [-0.05, 0) is 67.4 Å². The number of carboxylic acid groups (broad SMARTS) is 1. The summed E-state index contributed by atoms with van der Waals surface area (Å²) in [6, 6.07) is 7.10. The molecular formula is C19H23NO3. The van der Waals surface area contributed by atoms with Crippen LogP contribution in [0.5, 0.6) is 0 Å². The lowest BCUT2D eigenvalue weighted by Gasteiger charge is -2.54. The standard InChI is InChI=1S/C19H23NO3/c21-17(10-13-3-1-2-4-16(13)19(22)23)20-18-14-6-11-5-12(8-14)9-15(18)7-11/h1-4,11-12,14-15,18H,5-10H2,(H,20,21)(H,22,23). The van der Waals surface area contributed by atoms with Gasteiger partial charge in [0.15, 0.2) is 0 Å². The van der Waals surface area contributed by atoms with Crippen molar-refractivity contribution in [2.45, 2.75) is 44.6 Å². The van der Waals surface area contributed by atoms with Crippen molar-refractivity contribution in [1.82, 2.24) is 5.32 Å². The number of aromatic carboxylic acids is 1. The van der Waals surface area contributed by atoms with Crippen LogP contribution in [0, 0.1) is 23.7 Å². The molecule has 4 saturated carbocycles. The Kier molecular flexibility index (Phi) is 3.63. The molecule has 2 N–H and O–H groups in total. The van der Waals surface area contributed by atoms with Crippen molar-refractivity contribution in [3.8, 4) is 0 Å². The Bertz CT molecular complexity index is 611. The number of carboxylic acids is 1. The number of nitrogens with one attached hydrogen (secondary N) is 1. The van der Waals surface area contributed by atoms with E-state index >= 15 is 0 Å². The van der Waals surface area contributed by atoms with E-state index in [4.69, 9.17) is 0 Å². The SMILES string of the molecule is O=C(Cc1ccccc1C(=O)O)NC1C2CC3CC(C2)CC1C3. The van der Waals surface area contributed by atoms with Crippen molar-refractivity contribution in [2.75, 3.05) is 0 Å². The molecule has 0 heterocycles. The second-order valence-corrected chi connectivity index (χ2v) is 7.66. The van der Waals surface area contributed by atoms with E-state index in [-0.39, 0.29) is 17.9 Å². The van der Waals surface area contributed by atoms with Crippen LogP contribution in [0.25, 0.3) is 0 Å². The summed E-state index contributed by atoms with van der Waals surface area (Å²) < 4.78 is 0. The Labute approximate surface area is 136 Å². The van der Waals surface area contributed by atoms with Crippen LogP contribution in [-0.2, 0) is 11.2 Å². The number of hydrogen-bond acceptors (Lipinski definition) is 2. The highest BCUT2D eigenvalue weighted by Gasteiger charge is 2.48. The van der Waals surface area contributed by atoms with E-state index in [9.17, 15) is 14.7 Å². The molecule has 0 atom stereocenters. The molecule has 0 aromatic heterocycles. The summed E-state index contributed by atoms with van der Waals surface area (Å²) in [5.74, 6) is 2.06. The fourth-order valence-electron chi connectivity index (χ4n) is 5.45. The highest BCUT2D eigenvalue weighted by Crippen LogP contribution is 2.53. The van der Waals surface area contributed by atoms with Crippen LogP contribution in [-0.4, -0.2) is 23.0 Å². The topological polar surface area (TPSA) is 66.4 Å². The molecule has 23 heavy (non-hydrogen) atoms. The van der Waals surface area contributed by atoms with Crippen LogP contribution in [0.2, 0.25) is 0 Å². The van der Waals surface area contributed by atoms with Crippen molar-refractivity contribution >= 4 is 11.9 Å². The summed E-state index contributed by atoms with van der Waals surface area (Å²) in [4.78, 5) is 23.7. The Morgan fingerprint density at radius 3 is 2.22 bits per heavy atom. The number of amides is 1. The molecule has 1 aromatic carbocycles. The highest BCUT2D eigenvalue weighted by atomic mass is 16.4. The lowest BCUT2D eigenvalue weighted by Crippen LogP contribution is -2.56. The van der Waals surface area contributed by atoms with E-state index in [2.05, 4.69) is 5.32 Å². The second kappa shape index (κ2) is 5.66. The number of rotatable bonds is 4. The molecule has 4 aliphatic carbocycles. The maximum absolute atomic E-state index is 12.5. The monoisotopic (exact) mass is 313 g/mol. The first-order valence-electron chi connectivity index (χ1n) is 8.70. The average molecular weight is 313 g/mol. The summed E-state index contributed by atoms with van der Waals surface area (Å²) in [7, 11) is 0. The van der Waals surface area contributed by atoms with Crippen LogP contribution in [0.4, 0.5) is 0 Å². The van der Waals surface area contributed by atoms with E-state index in [0.717, 1.165) is 11.8 Å². The molecule has 0 radical (unpaired) electrons. The van der Waals surface area contributed by atoms with Gasteiger partial charge in [0.2, 0.25) is 5.91 Å². The molecule has 4 bridgehead atoms. The third-order valence-electron chi connectivity index (χ3n) is 6.15. The van der Waals surface area contributed by atoms with Gasteiger partial charge in [-0.15, -0.1) is 0 Å². The van der Waals surface area contributed by atoms with Gasteiger partial charge in [-0.3, -0.25) is 4.79 Å². The molecule has 1 amide bonds. The molecule has 0 aliphatic heterocycles. The summed E-state index contributed by atoms with van der Waals surface area (Å²) in [6.07, 6.45) is 6.63. The minimum atomic E-state index is -0.969. The second-order valence-electron chi connectivity index (χ2n) is 7.66. The zero-order chi connectivity index (χ0) is 16.0. The van der Waals surface area contributed by atoms with Crippen molar-refractivity contribution < 1.29 is 14.7 Å². The van der Waals surface area contributed by atoms with Gasteiger partial charge in [-0.2, -0.15) is 0 Å². The summed E-state index contributed by atoms with van der Waals surface area (Å²) in [5.41, 5.74) is 0.828. The van der Waals surface area contributed by atoms with Gasteiger partial charge >= 0.3 is 5.97 Å². The van der Waals surface area contributed by atoms with Crippen LogP contribution in [0.1, 0.15) is 48.0 Å². The van der Waals surface area contributed by atoms with Gasteiger partial charge in [0, 0.05) is 6.04 Å². The van der Waals surface area contributed by atoms with Crippen molar-refractivity contribution in [2.24, 2.45) is 23.7 Å². The maximum Gasteiger partial charge on any atom is 0.335 e. The predicted octanol–water partition coefficient (Wildman–Crippen LogP) is 2.87. The lowest BCUT2D eigenvalue weighted by atomic mass is 9.54. The fourth-order valence-corrected chi connectivity index (χ4v) is 5.45. The van der Waals surface area contributed by atoms with Gasteiger partial charge in [0.25, 0.3) is 0 Å².